The maximum atomic E-state index is 12.2. The number of rotatable bonds is 0. The molecule has 2 fully saturated rings. The largest absolute Gasteiger partial charge is 0.299 e. The Kier molecular flexibility index (Phi) is 2.61. The monoisotopic (exact) mass is 270 g/mol. The third-order valence-electron chi connectivity index (χ3n) is 6.46. The highest BCUT2D eigenvalue weighted by molar-refractivity contribution is 5.89. The summed E-state index contributed by atoms with van der Waals surface area (Å²) in [7, 11) is 0. The van der Waals surface area contributed by atoms with E-state index in [2.05, 4.69) is 25.2 Å². The van der Waals surface area contributed by atoms with Crippen molar-refractivity contribution in [3.63, 3.8) is 0 Å². The van der Waals surface area contributed by atoms with E-state index in [-0.39, 0.29) is 5.41 Å². The summed E-state index contributed by atoms with van der Waals surface area (Å²) < 4.78 is 0. The average Bonchev–Trinajstić information content (AvgIpc) is 2.74. The predicted molar refractivity (Wildman–Crippen MR) is 77.0 cm³/mol. The van der Waals surface area contributed by atoms with Crippen molar-refractivity contribution in [1.29, 1.82) is 0 Å². The van der Waals surface area contributed by atoms with Gasteiger partial charge in [-0.1, -0.05) is 23.8 Å². The first kappa shape index (κ1) is 12.6. The Labute approximate surface area is 120 Å². The Morgan fingerprint density at radius 2 is 2.05 bits per heavy atom. The van der Waals surface area contributed by atoms with Gasteiger partial charge in [0.15, 0.2) is 0 Å². The minimum Gasteiger partial charge on any atom is -0.299 e. The van der Waals surface area contributed by atoms with Crippen LogP contribution in [-0.2, 0) is 9.59 Å². The molecule has 0 unspecified atom stereocenters. The van der Waals surface area contributed by atoms with Gasteiger partial charge in [-0.15, -0.1) is 0 Å². The van der Waals surface area contributed by atoms with Crippen LogP contribution in [-0.4, -0.2) is 11.6 Å². The number of allylic oxidation sites excluding steroid dienone is 4. The van der Waals surface area contributed by atoms with Crippen LogP contribution in [0.4, 0.5) is 0 Å². The first-order valence-corrected chi connectivity index (χ1v) is 8.03. The molecule has 4 rings (SSSR count). The summed E-state index contributed by atoms with van der Waals surface area (Å²) in [6, 6.07) is 0. The van der Waals surface area contributed by atoms with Gasteiger partial charge in [0, 0.05) is 24.7 Å². The molecule has 0 saturated heterocycles. The lowest BCUT2D eigenvalue weighted by Gasteiger charge is -2.47. The van der Waals surface area contributed by atoms with E-state index in [4.69, 9.17) is 0 Å². The fourth-order valence-electron chi connectivity index (χ4n) is 5.31. The van der Waals surface area contributed by atoms with Crippen molar-refractivity contribution in [1.82, 2.24) is 0 Å². The Morgan fingerprint density at radius 3 is 2.90 bits per heavy atom. The quantitative estimate of drug-likeness (QED) is 0.632. The van der Waals surface area contributed by atoms with Crippen LogP contribution in [0.3, 0.4) is 0 Å². The highest BCUT2D eigenvalue weighted by atomic mass is 16.1. The van der Waals surface area contributed by atoms with Gasteiger partial charge in [0.05, 0.1) is 0 Å². The lowest BCUT2D eigenvalue weighted by molar-refractivity contribution is -0.125. The molecule has 0 amide bonds. The van der Waals surface area contributed by atoms with Crippen molar-refractivity contribution in [2.24, 2.45) is 29.1 Å². The first-order valence-electron chi connectivity index (χ1n) is 8.03. The third kappa shape index (κ3) is 1.57. The molecule has 0 aromatic carbocycles. The van der Waals surface area contributed by atoms with Crippen LogP contribution < -0.4 is 0 Å². The zero-order chi connectivity index (χ0) is 13.9. The number of hydrogen-bond donors (Lipinski definition) is 0. The molecule has 5 atom stereocenters. The second-order valence-electron chi connectivity index (χ2n) is 7.33. The van der Waals surface area contributed by atoms with Gasteiger partial charge in [-0.2, -0.15) is 0 Å². The highest BCUT2D eigenvalue weighted by Gasteiger charge is 2.53. The molecule has 0 aromatic heterocycles. The molecular weight excluding hydrogens is 248 g/mol. The molecule has 20 heavy (non-hydrogen) atoms. The van der Waals surface area contributed by atoms with Gasteiger partial charge in [0.2, 0.25) is 0 Å². The number of carbonyl (C=O) groups excluding carboxylic acids is 2. The summed E-state index contributed by atoms with van der Waals surface area (Å²) >= 11 is 0. The zero-order valence-electron chi connectivity index (χ0n) is 12.1. The molecule has 2 nitrogen and oxygen atoms in total. The summed E-state index contributed by atoms with van der Waals surface area (Å²) in [6.45, 7) is 2.14. The molecule has 106 valence electrons. The first-order chi connectivity index (χ1) is 9.59. The summed E-state index contributed by atoms with van der Waals surface area (Å²) in [5, 5.41) is 0. The minimum atomic E-state index is -0.197. The third-order valence-corrected chi connectivity index (χ3v) is 6.46. The minimum absolute atomic E-state index is 0.197. The molecule has 4 aliphatic carbocycles. The molecule has 2 saturated carbocycles. The fourth-order valence-corrected chi connectivity index (χ4v) is 5.31. The van der Waals surface area contributed by atoms with Crippen LogP contribution in [0.25, 0.3) is 0 Å². The fraction of sp³-hybridized carbons (Fsp3) is 0.667. The van der Waals surface area contributed by atoms with Crippen molar-refractivity contribution < 1.29 is 9.59 Å². The summed E-state index contributed by atoms with van der Waals surface area (Å²) in [5.74, 6) is 3.14. The van der Waals surface area contributed by atoms with Crippen molar-refractivity contribution in [3.8, 4) is 0 Å². The van der Waals surface area contributed by atoms with Crippen LogP contribution in [0.2, 0.25) is 0 Å². The number of hydrogen-bond acceptors (Lipinski definition) is 2. The molecule has 0 heterocycles. The summed E-state index contributed by atoms with van der Waals surface area (Å²) in [6.07, 6.45) is 12.2. The molecule has 0 bridgehead atoms. The molecule has 0 N–H and O–H groups in total. The summed E-state index contributed by atoms with van der Waals surface area (Å²) in [4.78, 5) is 23.9. The van der Waals surface area contributed by atoms with E-state index in [1.165, 1.54) is 5.57 Å². The van der Waals surface area contributed by atoms with E-state index >= 15 is 0 Å². The molecular formula is C18H22O2. The number of ketones is 2. The topological polar surface area (TPSA) is 34.1 Å². The second kappa shape index (κ2) is 4.16. The van der Waals surface area contributed by atoms with Crippen LogP contribution in [0.5, 0.6) is 0 Å². The van der Waals surface area contributed by atoms with Crippen LogP contribution in [0, 0.1) is 29.1 Å². The second-order valence-corrected chi connectivity index (χ2v) is 7.33. The molecule has 0 aliphatic heterocycles. The van der Waals surface area contributed by atoms with Crippen molar-refractivity contribution in [2.45, 2.75) is 45.4 Å². The summed E-state index contributed by atoms with van der Waals surface area (Å²) in [5.41, 5.74) is 1.19. The molecule has 0 radical (unpaired) electrons. The Hall–Kier alpha value is -1.18. The van der Waals surface area contributed by atoms with Gasteiger partial charge < -0.3 is 0 Å². The Bertz CT molecular complexity index is 542. The standard InChI is InChI=1S/C18H22O2/c1-18-9-8-14-13-5-3-12(19)10-11(13)2-4-15(14)16(18)6-7-17(18)20/h2,8-9,13-16H,3-7,10H2,1H3/t13-,14+,15+,16-,18-/m0/s1. The van der Waals surface area contributed by atoms with E-state index in [9.17, 15) is 9.59 Å². The maximum Gasteiger partial charge on any atom is 0.142 e. The Morgan fingerprint density at radius 1 is 1.20 bits per heavy atom. The van der Waals surface area contributed by atoms with E-state index in [1.54, 1.807) is 0 Å². The van der Waals surface area contributed by atoms with Crippen molar-refractivity contribution in [3.05, 3.63) is 23.8 Å². The highest BCUT2D eigenvalue weighted by Crippen LogP contribution is 2.56. The molecule has 0 spiro atoms. The average molecular weight is 270 g/mol. The molecule has 0 aromatic rings. The molecule has 2 heteroatoms. The van der Waals surface area contributed by atoms with Gasteiger partial charge in [0.25, 0.3) is 0 Å². The van der Waals surface area contributed by atoms with E-state index in [0.29, 0.717) is 41.7 Å². The van der Waals surface area contributed by atoms with Crippen molar-refractivity contribution >= 4 is 11.6 Å². The number of Topliss-reactive ketones (excluding diaryl/α,β-unsaturated/α-hetero) is 2. The van der Waals surface area contributed by atoms with E-state index in [0.717, 1.165) is 32.1 Å². The van der Waals surface area contributed by atoms with E-state index < -0.39 is 0 Å². The lowest BCUT2D eigenvalue weighted by atomic mass is 9.56. The number of carbonyl (C=O) groups is 2. The van der Waals surface area contributed by atoms with Gasteiger partial charge >= 0.3 is 0 Å². The van der Waals surface area contributed by atoms with Crippen LogP contribution in [0.15, 0.2) is 23.8 Å². The molecule has 4 aliphatic rings. The van der Waals surface area contributed by atoms with Crippen molar-refractivity contribution in [2.75, 3.05) is 0 Å². The normalized spacial score (nSPS) is 46.5. The number of fused-ring (bicyclic) bond motifs is 5. The van der Waals surface area contributed by atoms with Gasteiger partial charge in [-0.25, -0.2) is 0 Å². The van der Waals surface area contributed by atoms with Gasteiger partial charge in [0.1, 0.15) is 11.6 Å². The van der Waals surface area contributed by atoms with Gasteiger partial charge in [-0.3, -0.25) is 9.59 Å². The Balaban J connectivity index is 1.70. The smallest absolute Gasteiger partial charge is 0.142 e. The predicted octanol–water partition coefficient (Wildman–Crippen LogP) is 3.47. The van der Waals surface area contributed by atoms with Crippen LogP contribution in [0.1, 0.15) is 45.4 Å². The zero-order valence-corrected chi connectivity index (χ0v) is 12.1. The van der Waals surface area contributed by atoms with Gasteiger partial charge in [-0.05, 0) is 49.9 Å². The maximum absolute atomic E-state index is 12.2. The SMILES string of the molecule is C[C@]12C=C[C@H]3[C@@H](CC=C4CC(=O)CC[C@@H]43)[C@@H]1CCC2=O. The lowest BCUT2D eigenvalue weighted by Crippen LogP contribution is -2.43. The van der Waals surface area contributed by atoms with E-state index in [1.807, 2.05) is 0 Å². The van der Waals surface area contributed by atoms with Crippen LogP contribution >= 0.6 is 0 Å².